The molecule has 3 rings (SSSR count). The molecule has 0 radical (unpaired) electrons. The second-order valence-corrected chi connectivity index (χ2v) is 5.45. The molecule has 0 unspecified atom stereocenters. The van der Waals surface area contributed by atoms with Crippen molar-refractivity contribution in [3.05, 3.63) is 58.6 Å². The third-order valence-electron chi connectivity index (χ3n) is 3.39. The van der Waals surface area contributed by atoms with Crippen molar-refractivity contribution in [3.8, 4) is 0 Å². The van der Waals surface area contributed by atoms with Gasteiger partial charge in [0.05, 0.1) is 6.54 Å². The predicted octanol–water partition coefficient (Wildman–Crippen LogP) is 3.58. The first-order chi connectivity index (χ1) is 9.22. The maximum Gasteiger partial charge on any atom is 0.129 e. The summed E-state index contributed by atoms with van der Waals surface area (Å²) in [4.78, 5) is 0. The molecule has 100 valence electrons. The van der Waals surface area contributed by atoms with Crippen LogP contribution >= 0.6 is 11.6 Å². The topological polar surface area (TPSA) is 17.0 Å². The number of nitrogens with zero attached hydrogens (tertiary/aromatic N) is 1. The van der Waals surface area contributed by atoms with Gasteiger partial charge >= 0.3 is 0 Å². The lowest BCUT2D eigenvalue weighted by molar-refractivity contribution is 0.599. The molecule has 2 nitrogen and oxygen atoms in total. The lowest BCUT2D eigenvalue weighted by Gasteiger charge is -2.07. The van der Waals surface area contributed by atoms with E-state index < -0.39 is 0 Å². The molecule has 0 saturated heterocycles. The lowest BCUT2D eigenvalue weighted by Crippen LogP contribution is -2.14. The Kier molecular flexibility index (Phi) is 3.58. The Balaban J connectivity index is 1.68. The van der Waals surface area contributed by atoms with E-state index in [-0.39, 0.29) is 5.82 Å². The summed E-state index contributed by atoms with van der Waals surface area (Å²) in [6.45, 7) is 1.34. The minimum atomic E-state index is -0.251. The van der Waals surface area contributed by atoms with Gasteiger partial charge in [-0.2, -0.15) is 0 Å². The summed E-state index contributed by atoms with van der Waals surface area (Å²) >= 11 is 6.03. The van der Waals surface area contributed by atoms with Gasteiger partial charge in [-0.05, 0) is 36.6 Å². The van der Waals surface area contributed by atoms with Gasteiger partial charge in [0.1, 0.15) is 5.82 Å². The zero-order valence-corrected chi connectivity index (χ0v) is 11.3. The summed E-state index contributed by atoms with van der Waals surface area (Å²) in [6.07, 6.45) is 6.57. The van der Waals surface area contributed by atoms with Gasteiger partial charge in [-0.1, -0.05) is 17.7 Å². The minimum absolute atomic E-state index is 0.251. The fraction of sp³-hybridized carbons (Fsp3) is 0.333. The minimum Gasteiger partial charge on any atom is -0.349 e. The molecule has 1 aliphatic carbocycles. The molecule has 1 N–H and O–H groups in total. The molecular weight excluding hydrogens is 263 g/mol. The molecule has 4 heteroatoms. The molecule has 1 heterocycles. The smallest absolute Gasteiger partial charge is 0.129 e. The van der Waals surface area contributed by atoms with Gasteiger partial charge in [0.25, 0.3) is 0 Å². The van der Waals surface area contributed by atoms with Crippen LogP contribution in [0.25, 0.3) is 0 Å². The molecule has 0 spiro atoms. The standard InChI is InChI=1S/C15H16ClFN2/c16-14-2-1-3-15(17)13(14)10-19-7-6-11(9-19)8-18-12-4-5-12/h1-3,6-7,9,12,18H,4-5,8,10H2. The van der Waals surface area contributed by atoms with Crippen LogP contribution in [0.4, 0.5) is 4.39 Å². The third kappa shape index (κ3) is 3.17. The summed E-state index contributed by atoms with van der Waals surface area (Å²) in [6, 6.07) is 7.55. The fourth-order valence-corrected chi connectivity index (χ4v) is 2.33. The van der Waals surface area contributed by atoms with E-state index in [1.807, 2.05) is 17.0 Å². The molecule has 1 aliphatic rings. The van der Waals surface area contributed by atoms with Crippen molar-refractivity contribution >= 4 is 11.6 Å². The molecule has 1 aromatic heterocycles. The summed E-state index contributed by atoms with van der Waals surface area (Å²) in [5, 5.41) is 3.94. The van der Waals surface area contributed by atoms with E-state index in [0.717, 1.165) is 6.54 Å². The zero-order chi connectivity index (χ0) is 13.2. The Morgan fingerprint density at radius 2 is 2.16 bits per heavy atom. The molecular formula is C15H16ClFN2. The largest absolute Gasteiger partial charge is 0.349 e. The van der Waals surface area contributed by atoms with Crippen molar-refractivity contribution in [2.45, 2.75) is 32.0 Å². The first-order valence-corrected chi connectivity index (χ1v) is 6.91. The first-order valence-electron chi connectivity index (χ1n) is 6.53. The lowest BCUT2D eigenvalue weighted by atomic mass is 10.2. The Morgan fingerprint density at radius 3 is 2.89 bits per heavy atom. The Morgan fingerprint density at radius 1 is 1.32 bits per heavy atom. The summed E-state index contributed by atoms with van der Waals surface area (Å²) in [5.41, 5.74) is 1.76. The van der Waals surface area contributed by atoms with E-state index in [0.29, 0.717) is 23.2 Å². The van der Waals surface area contributed by atoms with E-state index in [2.05, 4.69) is 11.4 Å². The predicted molar refractivity (Wildman–Crippen MR) is 74.8 cm³/mol. The van der Waals surface area contributed by atoms with Gasteiger partial charge < -0.3 is 9.88 Å². The number of nitrogens with one attached hydrogen (secondary N) is 1. The highest BCUT2D eigenvalue weighted by Crippen LogP contribution is 2.21. The molecule has 0 bridgehead atoms. The van der Waals surface area contributed by atoms with Gasteiger partial charge in [0.15, 0.2) is 0 Å². The van der Waals surface area contributed by atoms with Crippen LogP contribution in [-0.2, 0) is 13.1 Å². The molecule has 0 aliphatic heterocycles. The van der Waals surface area contributed by atoms with Crippen LogP contribution in [0.5, 0.6) is 0 Å². The van der Waals surface area contributed by atoms with Gasteiger partial charge in [0, 0.05) is 35.6 Å². The van der Waals surface area contributed by atoms with Crippen molar-refractivity contribution < 1.29 is 4.39 Å². The van der Waals surface area contributed by atoms with Gasteiger partial charge in [-0.15, -0.1) is 0 Å². The number of aromatic nitrogens is 1. The Hall–Kier alpha value is -1.32. The van der Waals surface area contributed by atoms with Crippen LogP contribution in [-0.4, -0.2) is 10.6 Å². The quantitative estimate of drug-likeness (QED) is 0.885. The van der Waals surface area contributed by atoms with Crippen molar-refractivity contribution in [1.82, 2.24) is 9.88 Å². The molecule has 1 saturated carbocycles. The average Bonchev–Trinajstić information content (AvgIpc) is 3.11. The molecule has 1 fully saturated rings. The first kappa shape index (κ1) is 12.7. The van der Waals surface area contributed by atoms with Crippen molar-refractivity contribution in [3.63, 3.8) is 0 Å². The Labute approximate surface area is 117 Å². The van der Waals surface area contributed by atoms with Crippen LogP contribution in [0.3, 0.4) is 0 Å². The summed E-state index contributed by atoms with van der Waals surface area (Å²) < 4.78 is 15.7. The highest BCUT2D eigenvalue weighted by molar-refractivity contribution is 6.31. The maximum atomic E-state index is 13.7. The molecule has 2 aromatic rings. The molecule has 1 aromatic carbocycles. The third-order valence-corrected chi connectivity index (χ3v) is 3.74. The second kappa shape index (κ2) is 5.35. The van der Waals surface area contributed by atoms with Crippen molar-refractivity contribution in [2.24, 2.45) is 0 Å². The van der Waals surface area contributed by atoms with Gasteiger partial charge in [-0.3, -0.25) is 0 Å². The number of hydrogen-bond acceptors (Lipinski definition) is 1. The summed E-state index contributed by atoms with van der Waals surface area (Å²) in [5.74, 6) is -0.251. The number of benzene rings is 1. The molecule has 0 amide bonds. The van der Waals surface area contributed by atoms with Crippen LogP contribution < -0.4 is 5.32 Å². The van der Waals surface area contributed by atoms with Crippen LogP contribution in [0.15, 0.2) is 36.7 Å². The van der Waals surface area contributed by atoms with E-state index in [1.165, 1.54) is 24.5 Å². The normalized spacial score (nSPS) is 14.8. The highest BCUT2D eigenvalue weighted by atomic mass is 35.5. The van der Waals surface area contributed by atoms with E-state index in [1.54, 1.807) is 12.1 Å². The van der Waals surface area contributed by atoms with Crippen LogP contribution in [0, 0.1) is 5.82 Å². The molecule has 19 heavy (non-hydrogen) atoms. The fourth-order valence-electron chi connectivity index (χ4n) is 2.11. The highest BCUT2D eigenvalue weighted by Gasteiger charge is 2.20. The monoisotopic (exact) mass is 278 g/mol. The van der Waals surface area contributed by atoms with Crippen molar-refractivity contribution in [2.75, 3.05) is 0 Å². The van der Waals surface area contributed by atoms with Crippen molar-refractivity contribution in [1.29, 1.82) is 0 Å². The average molecular weight is 279 g/mol. The van der Waals surface area contributed by atoms with Gasteiger partial charge in [0.2, 0.25) is 0 Å². The summed E-state index contributed by atoms with van der Waals surface area (Å²) in [7, 11) is 0. The Bertz CT molecular complexity index is 555. The zero-order valence-electron chi connectivity index (χ0n) is 10.6. The van der Waals surface area contributed by atoms with Crippen LogP contribution in [0.1, 0.15) is 24.0 Å². The van der Waals surface area contributed by atoms with E-state index in [4.69, 9.17) is 11.6 Å². The number of hydrogen-bond donors (Lipinski definition) is 1. The SMILES string of the molecule is Fc1cccc(Cl)c1Cn1ccc(CNC2CC2)c1. The molecule has 0 atom stereocenters. The number of rotatable bonds is 5. The van der Waals surface area contributed by atoms with E-state index in [9.17, 15) is 4.39 Å². The maximum absolute atomic E-state index is 13.7. The second-order valence-electron chi connectivity index (χ2n) is 5.05. The van der Waals surface area contributed by atoms with E-state index >= 15 is 0 Å². The van der Waals surface area contributed by atoms with Gasteiger partial charge in [-0.25, -0.2) is 4.39 Å². The van der Waals surface area contributed by atoms with Crippen LogP contribution in [0.2, 0.25) is 5.02 Å². The number of halogens is 2.